The smallest absolute Gasteiger partial charge is 0.325 e. The van der Waals surface area contributed by atoms with E-state index >= 15 is 0 Å². The number of hydrogen-bond acceptors (Lipinski definition) is 6. The van der Waals surface area contributed by atoms with Crippen LogP contribution in [0, 0.1) is 11.8 Å². The number of rotatable bonds is 4. The van der Waals surface area contributed by atoms with Gasteiger partial charge in [-0.2, -0.15) is 0 Å². The second kappa shape index (κ2) is 6.77. The van der Waals surface area contributed by atoms with Crippen LogP contribution in [0.15, 0.2) is 18.2 Å². The molecule has 0 unspecified atom stereocenters. The Morgan fingerprint density at radius 2 is 1.92 bits per heavy atom. The summed E-state index contributed by atoms with van der Waals surface area (Å²) in [5, 5.41) is 4.60. The molecule has 1 heterocycles. The first kappa shape index (κ1) is 16.1. The highest BCUT2D eigenvalue weighted by Gasteiger charge is 2.40. The van der Waals surface area contributed by atoms with Gasteiger partial charge in [-0.3, -0.25) is 14.9 Å². The Balaban J connectivity index is 1.45. The van der Waals surface area contributed by atoms with Gasteiger partial charge < -0.3 is 19.5 Å². The summed E-state index contributed by atoms with van der Waals surface area (Å²) in [6.45, 7) is 2.38. The fourth-order valence-electron chi connectivity index (χ4n) is 2.34. The summed E-state index contributed by atoms with van der Waals surface area (Å²) in [6, 6.07) is 4.19. The molecule has 3 amide bonds. The second-order valence-corrected chi connectivity index (χ2v) is 5.79. The molecular weight excluding hydrogens is 316 g/mol. The molecule has 2 atom stereocenters. The first-order chi connectivity index (χ1) is 11.5. The van der Waals surface area contributed by atoms with Gasteiger partial charge in [-0.05, 0) is 24.5 Å². The van der Waals surface area contributed by atoms with Gasteiger partial charge in [0.05, 0.1) is 5.92 Å². The van der Waals surface area contributed by atoms with E-state index in [0.717, 1.165) is 6.42 Å². The van der Waals surface area contributed by atoms with Crippen LogP contribution in [0.3, 0.4) is 0 Å². The molecule has 1 aliphatic heterocycles. The summed E-state index contributed by atoms with van der Waals surface area (Å²) in [4.78, 5) is 34.9. The van der Waals surface area contributed by atoms with Gasteiger partial charge in [0.1, 0.15) is 13.2 Å². The SMILES string of the molecule is C[C@@H]1C[C@H]1C(=O)OCC(=O)NC(=O)Nc1ccc2c(c1)OCCO2. The molecule has 0 bridgehead atoms. The first-order valence-corrected chi connectivity index (χ1v) is 7.70. The molecular formula is C16H18N2O6. The maximum atomic E-state index is 11.8. The van der Waals surface area contributed by atoms with Gasteiger partial charge >= 0.3 is 12.0 Å². The number of fused-ring (bicyclic) bond motifs is 1. The van der Waals surface area contributed by atoms with E-state index in [0.29, 0.717) is 36.3 Å². The molecule has 0 radical (unpaired) electrons. The van der Waals surface area contributed by atoms with Gasteiger partial charge in [0.15, 0.2) is 18.1 Å². The Kier molecular flexibility index (Phi) is 4.54. The van der Waals surface area contributed by atoms with Crippen LogP contribution in [-0.4, -0.2) is 37.7 Å². The minimum absolute atomic E-state index is 0.121. The molecule has 128 valence electrons. The van der Waals surface area contributed by atoms with Crippen molar-refractivity contribution in [2.45, 2.75) is 13.3 Å². The summed E-state index contributed by atoms with van der Waals surface area (Å²) in [5.41, 5.74) is 0.452. The van der Waals surface area contributed by atoms with Crippen LogP contribution < -0.4 is 20.1 Å². The van der Waals surface area contributed by atoms with Crippen molar-refractivity contribution in [2.24, 2.45) is 11.8 Å². The van der Waals surface area contributed by atoms with E-state index < -0.39 is 24.5 Å². The fourth-order valence-corrected chi connectivity index (χ4v) is 2.34. The number of imide groups is 1. The van der Waals surface area contributed by atoms with Crippen LogP contribution in [0.25, 0.3) is 0 Å². The number of esters is 1. The Morgan fingerprint density at radius 1 is 1.21 bits per heavy atom. The monoisotopic (exact) mass is 334 g/mol. The van der Waals surface area contributed by atoms with E-state index in [1.165, 1.54) is 0 Å². The fraction of sp³-hybridized carbons (Fsp3) is 0.438. The van der Waals surface area contributed by atoms with Gasteiger partial charge in [0.2, 0.25) is 0 Å². The van der Waals surface area contributed by atoms with Gasteiger partial charge in [-0.15, -0.1) is 0 Å². The molecule has 8 heteroatoms. The van der Waals surface area contributed by atoms with Crippen LogP contribution in [0.5, 0.6) is 11.5 Å². The van der Waals surface area contributed by atoms with E-state index in [2.05, 4.69) is 10.6 Å². The zero-order chi connectivity index (χ0) is 17.1. The second-order valence-electron chi connectivity index (χ2n) is 5.79. The molecule has 2 N–H and O–H groups in total. The lowest BCUT2D eigenvalue weighted by molar-refractivity contribution is -0.149. The minimum Gasteiger partial charge on any atom is -0.486 e. The van der Waals surface area contributed by atoms with Gasteiger partial charge in [0.25, 0.3) is 5.91 Å². The third-order valence-electron chi connectivity index (χ3n) is 3.81. The predicted molar refractivity (Wildman–Crippen MR) is 82.8 cm³/mol. The Hall–Kier alpha value is -2.77. The van der Waals surface area contributed by atoms with Crippen LogP contribution >= 0.6 is 0 Å². The molecule has 3 rings (SSSR count). The molecule has 1 aliphatic carbocycles. The lowest BCUT2D eigenvalue weighted by Gasteiger charge is -2.19. The molecule has 1 aromatic rings. The van der Waals surface area contributed by atoms with Crippen molar-refractivity contribution in [3.63, 3.8) is 0 Å². The zero-order valence-corrected chi connectivity index (χ0v) is 13.2. The van der Waals surface area contributed by atoms with Crippen molar-refractivity contribution in [1.29, 1.82) is 0 Å². The summed E-state index contributed by atoms with van der Waals surface area (Å²) >= 11 is 0. The number of hydrogen-bond donors (Lipinski definition) is 2. The van der Waals surface area contributed by atoms with E-state index in [1.54, 1.807) is 18.2 Å². The third kappa shape index (κ3) is 3.95. The van der Waals surface area contributed by atoms with Crippen molar-refractivity contribution in [3.8, 4) is 11.5 Å². The molecule has 0 aromatic heterocycles. The summed E-state index contributed by atoms with van der Waals surface area (Å²) in [7, 11) is 0. The number of benzene rings is 1. The minimum atomic E-state index is -0.715. The average Bonchev–Trinajstić information content (AvgIpc) is 3.29. The number of anilines is 1. The van der Waals surface area contributed by atoms with E-state index in [9.17, 15) is 14.4 Å². The molecule has 2 aliphatic rings. The number of amides is 3. The first-order valence-electron chi connectivity index (χ1n) is 7.70. The van der Waals surface area contributed by atoms with Gasteiger partial charge in [0, 0.05) is 11.8 Å². The van der Waals surface area contributed by atoms with Gasteiger partial charge in [-0.25, -0.2) is 4.79 Å². The zero-order valence-electron chi connectivity index (χ0n) is 13.2. The average molecular weight is 334 g/mol. The number of ether oxygens (including phenoxy) is 3. The van der Waals surface area contributed by atoms with Crippen LogP contribution in [-0.2, 0) is 14.3 Å². The number of urea groups is 1. The number of carbonyl (C=O) groups is 3. The Bertz CT molecular complexity index is 675. The number of nitrogens with one attached hydrogen (secondary N) is 2. The van der Waals surface area contributed by atoms with Crippen molar-refractivity contribution < 1.29 is 28.6 Å². The van der Waals surface area contributed by atoms with Crippen LogP contribution in [0.2, 0.25) is 0 Å². The maximum absolute atomic E-state index is 11.8. The van der Waals surface area contributed by atoms with Crippen molar-refractivity contribution in [2.75, 3.05) is 25.1 Å². The normalized spacial score (nSPS) is 20.7. The Morgan fingerprint density at radius 3 is 2.62 bits per heavy atom. The van der Waals surface area contributed by atoms with Crippen molar-refractivity contribution in [3.05, 3.63) is 18.2 Å². The molecule has 0 spiro atoms. The summed E-state index contributed by atoms with van der Waals surface area (Å²) in [6.07, 6.45) is 0.783. The van der Waals surface area contributed by atoms with Crippen molar-refractivity contribution >= 4 is 23.6 Å². The molecule has 8 nitrogen and oxygen atoms in total. The lowest BCUT2D eigenvalue weighted by Crippen LogP contribution is -2.37. The van der Waals surface area contributed by atoms with Gasteiger partial charge in [-0.1, -0.05) is 6.92 Å². The molecule has 0 saturated heterocycles. The Labute approximate surface area is 138 Å². The van der Waals surface area contributed by atoms with Crippen molar-refractivity contribution in [1.82, 2.24) is 5.32 Å². The number of carbonyl (C=O) groups excluding carboxylic acids is 3. The lowest BCUT2D eigenvalue weighted by atomic mass is 10.2. The predicted octanol–water partition coefficient (Wildman–Crippen LogP) is 1.31. The molecule has 1 saturated carbocycles. The summed E-state index contributed by atoms with van der Waals surface area (Å²) < 4.78 is 15.6. The van der Waals surface area contributed by atoms with E-state index in [-0.39, 0.29) is 5.92 Å². The highest BCUT2D eigenvalue weighted by atomic mass is 16.6. The molecule has 24 heavy (non-hydrogen) atoms. The molecule has 1 aromatic carbocycles. The highest BCUT2D eigenvalue weighted by Crippen LogP contribution is 2.38. The summed E-state index contributed by atoms with van der Waals surface area (Å²) in [5.74, 6) is 0.224. The van der Waals surface area contributed by atoms with E-state index in [4.69, 9.17) is 14.2 Å². The van der Waals surface area contributed by atoms with Crippen LogP contribution in [0.1, 0.15) is 13.3 Å². The van der Waals surface area contributed by atoms with Crippen LogP contribution in [0.4, 0.5) is 10.5 Å². The standard InChI is InChI=1S/C16H18N2O6/c1-9-6-11(9)15(20)24-8-14(19)18-16(21)17-10-2-3-12-13(7-10)23-5-4-22-12/h2-3,7,9,11H,4-6,8H2,1H3,(H2,17,18,19,21)/t9-,11-/m1/s1. The van der Waals surface area contributed by atoms with E-state index in [1.807, 2.05) is 6.92 Å². The highest BCUT2D eigenvalue weighted by molar-refractivity contribution is 6.02. The largest absolute Gasteiger partial charge is 0.486 e. The molecule has 1 fully saturated rings. The third-order valence-corrected chi connectivity index (χ3v) is 3.81. The maximum Gasteiger partial charge on any atom is 0.325 e. The quantitative estimate of drug-likeness (QED) is 0.805. The topological polar surface area (TPSA) is 103 Å².